The molecule has 0 aromatic heterocycles. The Morgan fingerprint density at radius 3 is 2.58 bits per heavy atom. The molecule has 174 valence electrons. The van der Waals surface area contributed by atoms with Crippen LogP contribution in [-0.4, -0.2) is 57.0 Å². The van der Waals surface area contributed by atoms with Crippen LogP contribution in [0.25, 0.3) is 0 Å². The molecular weight excluding hydrogens is 394 g/mol. The van der Waals surface area contributed by atoms with E-state index in [2.05, 4.69) is 13.8 Å². The maximum atomic E-state index is 13.4. The van der Waals surface area contributed by atoms with Gasteiger partial charge in [-0.3, -0.25) is 9.59 Å². The minimum Gasteiger partial charge on any atom is -0.469 e. The standard InChI is InChI=1S/C25H39NO5/c1-16-17(14-21(28)31-13-12-26(4)5)8-9-18-22(16)19(27)15-20-24(18,2)10-7-11-25(20,3)23(29)30-6/h14,16,18,20,22H,7-13,15H2,1-6H3/b17-14+/t16-,18-,20+,22-,24+,25-/m0/s1. The van der Waals surface area contributed by atoms with Gasteiger partial charge in [0.25, 0.3) is 0 Å². The summed E-state index contributed by atoms with van der Waals surface area (Å²) in [5.41, 5.74) is 0.363. The monoisotopic (exact) mass is 433 g/mol. The van der Waals surface area contributed by atoms with E-state index in [-0.39, 0.29) is 46.8 Å². The van der Waals surface area contributed by atoms with Gasteiger partial charge in [-0.05, 0) is 69.9 Å². The molecule has 0 N–H and O–H groups in total. The zero-order valence-electron chi connectivity index (χ0n) is 20.0. The molecule has 0 radical (unpaired) electrons. The van der Waals surface area contributed by atoms with Crippen molar-refractivity contribution in [3.8, 4) is 0 Å². The van der Waals surface area contributed by atoms with Gasteiger partial charge in [-0.2, -0.15) is 0 Å². The molecular formula is C25H39NO5. The zero-order chi connectivity index (χ0) is 23.0. The van der Waals surface area contributed by atoms with Crippen LogP contribution in [0.2, 0.25) is 0 Å². The first-order valence-corrected chi connectivity index (χ1v) is 11.7. The summed E-state index contributed by atoms with van der Waals surface area (Å²) in [5.74, 6) is -0.0650. The minimum atomic E-state index is -0.599. The fourth-order valence-corrected chi connectivity index (χ4v) is 6.91. The van der Waals surface area contributed by atoms with Gasteiger partial charge in [-0.1, -0.05) is 25.8 Å². The minimum absolute atomic E-state index is 0.0173. The lowest BCUT2D eigenvalue weighted by Crippen LogP contribution is -2.59. The molecule has 3 aliphatic carbocycles. The van der Waals surface area contributed by atoms with Gasteiger partial charge in [0.05, 0.1) is 12.5 Å². The summed E-state index contributed by atoms with van der Waals surface area (Å²) in [4.78, 5) is 40.4. The number of nitrogens with zero attached hydrogens (tertiary/aromatic N) is 1. The number of allylic oxidation sites excluding steroid dienone is 1. The summed E-state index contributed by atoms with van der Waals surface area (Å²) in [6, 6.07) is 0. The lowest BCUT2D eigenvalue weighted by Gasteiger charge is -2.60. The van der Waals surface area contributed by atoms with Crippen LogP contribution in [0.5, 0.6) is 0 Å². The highest BCUT2D eigenvalue weighted by Crippen LogP contribution is 2.64. The summed E-state index contributed by atoms with van der Waals surface area (Å²) in [7, 11) is 5.33. The molecule has 0 bridgehead atoms. The number of ketones is 1. The van der Waals surface area contributed by atoms with Gasteiger partial charge in [0.15, 0.2) is 0 Å². The molecule has 0 spiro atoms. The van der Waals surface area contributed by atoms with Crippen LogP contribution in [0.4, 0.5) is 0 Å². The predicted octanol–water partition coefficient (Wildman–Crippen LogP) is 3.64. The van der Waals surface area contributed by atoms with Crippen molar-refractivity contribution in [3.63, 3.8) is 0 Å². The second kappa shape index (κ2) is 9.05. The van der Waals surface area contributed by atoms with Crippen LogP contribution in [0, 0.1) is 34.5 Å². The first-order valence-electron chi connectivity index (χ1n) is 11.7. The summed E-state index contributed by atoms with van der Waals surface area (Å²) < 4.78 is 10.5. The molecule has 6 heteroatoms. The Kier molecular flexibility index (Phi) is 6.99. The molecule has 3 aliphatic rings. The highest BCUT2D eigenvalue weighted by Gasteiger charge is 2.62. The normalized spacial score (nSPS) is 39.1. The largest absolute Gasteiger partial charge is 0.469 e. The Bertz CT molecular complexity index is 759. The van der Waals surface area contributed by atoms with E-state index in [1.165, 1.54) is 7.11 Å². The number of Topliss-reactive ketones (excluding diaryl/α,β-unsaturated/α-hetero) is 1. The molecule has 0 aromatic rings. The molecule has 0 aromatic carbocycles. The van der Waals surface area contributed by atoms with Gasteiger partial charge < -0.3 is 14.4 Å². The van der Waals surface area contributed by atoms with E-state index in [9.17, 15) is 14.4 Å². The van der Waals surface area contributed by atoms with Crippen molar-refractivity contribution in [2.24, 2.45) is 34.5 Å². The van der Waals surface area contributed by atoms with Crippen molar-refractivity contribution < 1.29 is 23.9 Å². The maximum absolute atomic E-state index is 13.4. The number of likely N-dealkylation sites (N-methyl/N-ethyl adjacent to an activating group) is 1. The van der Waals surface area contributed by atoms with Crippen molar-refractivity contribution in [1.82, 2.24) is 4.90 Å². The first kappa shape index (κ1) is 24.0. The number of hydrogen-bond acceptors (Lipinski definition) is 6. The second-order valence-corrected chi connectivity index (χ2v) is 10.6. The quantitative estimate of drug-likeness (QED) is 0.487. The van der Waals surface area contributed by atoms with Crippen molar-refractivity contribution in [2.75, 3.05) is 34.4 Å². The molecule has 0 heterocycles. The van der Waals surface area contributed by atoms with E-state index in [1.54, 1.807) is 6.08 Å². The average molecular weight is 434 g/mol. The van der Waals surface area contributed by atoms with Gasteiger partial charge in [-0.25, -0.2) is 4.79 Å². The fourth-order valence-electron chi connectivity index (χ4n) is 6.91. The van der Waals surface area contributed by atoms with Crippen molar-refractivity contribution in [2.45, 2.75) is 59.3 Å². The molecule has 3 rings (SSSR count). The number of rotatable bonds is 5. The first-order chi connectivity index (χ1) is 14.5. The third-order valence-electron chi connectivity index (χ3n) is 8.64. The molecule has 0 aliphatic heterocycles. The van der Waals surface area contributed by atoms with E-state index in [1.807, 2.05) is 25.9 Å². The van der Waals surface area contributed by atoms with E-state index in [0.29, 0.717) is 19.6 Å². The topological polar surface area (TPSA) is 72.9 Å². The third-order valence-corrected chi connectivity index (χ3v) is 8.64. The van der Waals surface area contributed by atoms with Crippen LogP contribution in [-0.2, 0) is 23.9 Å². The van der Waals surface area contributed by atoms with Gasteiger partial charge in [0.1, 0.15) is 12.4 Å². The summed E-state index contributed by atoms with van der Waals surface area (Å²) in [6.45, 7) is 7.42. The fraction of sp³-hybridized carbons (Fsp3) is 0.800. The molecule has 0 unspecified atom stereocenters. The van der Waals surface area contributed by atoms with Crippen LogP contribution in [0.1, 0.15) is 59.3 Å². The SMILES string of the molecule is COC(=O)[C@@]1(C)CCC[C@@]2(C)[C@H]1CC(=O)[C@H]1[C@@H](C)/C(=C/C(=O)OCCN(C)C)CC[C@@H]12. The molecule has 3 fully saturated rings. The Morgan fingerprint density at radius 1 is 1.23 bits per heavy atom. The smallest absolute Gasteiger partial charge is 0.330 e. The number of fused-ring (bicyclic) bond motifs is 3. The molecule has 0 saturated heterocycles. The molecule has 3 saturated carbocycles. The van der Waals surface area contributed by atoms with Gasteiger partial charge in [0.2, 0.25) is 0 Å². The van der Waals surface area contributed by atoms with Crippen LogP contribution >= 0.6 is 0 Å². The predicted molar refractivity (Wildman–Crippen MR) is 118 cm³/mol. The second-order valence-electron chi connectivity index (χ2n) is 10.6. The number of ether oxygens (including phenoxy) is 2. The van der Waals surface area contributed by atoms with Crippen molar-refractivity contribution in [3.05, 3.63) is 11.6 Å². The van der Waals surface area contributed by atoms with E-state index in [0.717, 1.165) is 37.7 Å². The van der Waals surface area contributed by atoms with Crippen LogP contribution < -0.4 is 0 Å². The van der Waals surface area contributed by atoms with E-state index in [4.69, 9.17) is 9.47 Å². The van der Waals surface area contributed by atoms with Crippen molar-refractivity contribution >= 4 is 17.7 Å². The zero-order valence-corrected chi connectivity index (χ0v) is 20.0. The van der Waals surface area contributed by atoms with Gasteiger partial charge >= 0.3 is 11.9 Å². The summed E-state index contributed by atoms with van der Waals surface area (Å²) >= 11 is 0. The Hall–Kier alpha value is -1.69. The molecule has 6 atom stereocenters. The number of hydrogen-bond donors (Lipinski definition) is 0. The lowest BCUT2D eigenvalue weighted by atomic mass is 9.43. The number of carbonyl (C=O) groups excluding carboxylic acids is 3. The van der Waals surface area contributed by atoms with Gasteiger partial charge in [-0.15, -0.1) is 0 Å². The Morgan fingerprint density at radius 2 is 1.94 bits per heavy atom. The molecule has 0 amide bonds. The molecule has 6 nitrogen and oxygen atoms in total. The highest BCUT2D eigenvalue weighted by molar-refractivity contribution is 5.87. The van der Waals surface area contributed by atoms with Crippen LogP contribution in [0.3, 0.4) is 0 Å². The van der Waals surface area contributed by atoms with E-state index < -0.39 is 5.41 Å². The lowest BCUT2D eigenvalue weighted by molar-refractivity contribution is -0.178. The van der Waals surface area contributed by atoms with Crippen LogP contribution in [0.15, 0.2) is 11.6 Å². The van der Waals surface area contributed by atoms with Gasteiger partial charge in [0, 0.05) is 25.0 Å². The average Bonchev–Trinajstić information content (AvgIpc) is 2.70. The maximum Gasteiger partial charge on any atom is 0.330 e. The number of carbonyl (C=O) groups is 3. The third kappa shape index (κ3) is 4.33. The molecule has 31 heavy (non-hydrogen) atoms. The summed E-state index contributed by atoms with van der Waals surface area (Å²) in [6.07, 6.45) is 6.52. The highest BCUT2D eigenvalue weighted by atomic mass is 16.5. The van der Waals surface area contributed by atoms with E-state index >= 15 is 0 Å². The number of methoxy groups -OCH3 is 1. The van der Waals surface area contributed by atoms with Crippen molar-refractivity contribution in [1.29, 1.82) is 0 Å². The Balaban J connectivity index is 1.81. The summed E-state index contributed by atoms with van der Waals surface area (Å²) in [5, 5.41) is 0. The number of esters is 2. The Labute approximate surface area is 186 Å².